The molecule has 1 unspecified atom stereocenters. The van der Waals surface area contributed by atoms with E-state index in [9.17, 15) is 27.2 Å². The lowest BCUT2D eigenvalue weighted by Crippen LogP contribution is -2.37. The number of benzene rings is 1. The molecule has 8 nitrogen and oxygen atoms in total. The van der Waals surface area contributed by atoms with E-state index in [1.165, 1.54) is 19.1 Å². The third-order valence-corrected chi connectivity index (χ3v) is 8.58. The molecule has 6 rings (SSSR count). The Labute approximate surface area is 231 Å². The molecule has 218 valence electrons. The second-order valence-corrected chi connectivity index (χ2v) is 11.3. The number of alkyl halides is 4. The van der Waals surface area contributed by atoms with Crippen molar-refractivity contribution in [1.82, 2.24) is 19.8 Å². The van der Waals surface area contributed by atoms with Crippen molar-refractivity contribution in [3.8, 4) is 0 Å². The van der Waals surface area contributed by atoms with E-state index in [0.717, 1.165) is 48.6 Å². The first kappa shape index (κ1) is 27.4. The molecule has 4 atom stereocenters. The lowest BCUT2D eigenvalue weighted by molar-refractivity contribution is 0.0338. The molecule has 1 saturated heterocycles. The number of fused-ring (bicyclic) bond motifs is 1. The molecule has 2 aliphatic carbocycles. The predicted molar refractivity (Wildman–Crippen MR) is 138 cm³/mol. The summed E-state index contributed by atoms with van der Waals surface area (Å²) in [6.45, 7) is 3.11. The number of oxazole rings is 1. The molecule has 3 aliphatic rings. The smallest absolute Gasteiger partial charge is 0.320 e. The quantitative estimate of drug-likeness (QED) is 0.368. The van der Waals surface area contributed by atoms with Crippen molar-refractivity contribution in [2.45, 2.75) is 49.7 Å². The van der Waals surface area contributed by atoms with E-state index in [2.05, 4.69) is 24.9 Å². The maximum absolute atomic E-state index is 15.4. The van der Waals surface area contributed by atoms with Gasteiger partial charge in [-0.3, -0.25) is 9.59 Å². The molecule has 0 radical (unpaired) electrons. The maximum atomic E-state index is 15.4. The lowest BCUT2D eigenvalue weighted by Gasteiger charge is -2.23. The van der Waals surface area contributed by atoms with Crippen molar-refractivity contribution in [2.24, 2.45) is 11.8 Å². The number of hydrogen-bond acceptors (Lipinski definition) is 6. The first-order valence-corrected chi connectivity index (χ1v) is 13.3. The van der Waals surface area contributed by atoms with Crippen LogP contribution in [0.1, 0.15) is 53.0 Å². The summed E-state index contributed by atoms with van der Waals surface area (Å²) < 4.78 is 78.7. The lowest BCUT2D eigenvalue weighted by atomic mass is 9.98. The Hall–Kier alpha value is -3.74. The molecule has 0 spiro atoms. The van der Waals surface area contributed by atoms with Crippen LogP contribution >= 0.6 is 0 Å². The maximum Gasteiger partial charge on any atom is 0.320 e. The number of pyridine rings is 1. The second kappa shape index (κ2) is 9.68. The topological polar surface area (TPSA) is 92.4 Å². The monoisotopic (exact) mass is 577 g/mol. The molecule has 13 heteroatoms. The van der Waals surface area contributed by atoms with E-state index in [4.69, 9.17) is 0 Å². The Morgan fingerprint density at radius 2 is 1.93 bits per heavy atom. The number of rotatable bonds is 9. The average Bonchev–Trinajstić information content (AvgIpc) is 3.67. The van der Waals surface area contributed by atoms with Crippen LogP contribution in [0.15, 0.2) is 52.3 Å². The van der Waals surface area contributed by atoms with Gasteiger partial charge in [-0.05, 0) is 44.7 Å². The van der Waals surface area contributed by atoms with Crippen LogP contribution in [-0.2, 0) is 11.5 Å². The number of hydrogen-bond donors (Lipinski definition) is 2. The second-order valence-electron chi connectivity index (χ2n) is 11.3. The van der Waals surface area contributed by atoms with E-state index >= 15 is 4.39 Å². The van der Waals surface area contributed by atoms with Gasteiger partial charge in [-0.15, -0.1) is 0 Å². The molecule has 1 aliphatic heterocycles. The number of nitrogens with one attached hydrogen (secondary N) is 2. The summed E-state index contributed by atoms with van der Waals surface area (Å²) in [5.41, 5.74) is -4.14. The van der Waals surface area contributed by atoms with Crippen LogP contribution in [0.2, 0.25) is 0 Å². The molecule has 3 aromatic rings. The summed E-state index contributed by atoms with van der Waals surface area (Å²) in [6, 6.07) is 3.49. The van der Waals surface area contributed by atoms with Gasteiger partial charge in [-0.1, -0.05) is 12.1 Å². The molecule has 41 heavy (non-hydrogen) atoms. The summed E-state index contributed by atoms with van der Waals surface area (Å²) in [5.74, 6) is -5.14. The largest absolute Gasteiger partial charge is 0.451 e. The zero-order valence-corrected chi connectivity index (χ0v) is 22.2. The van der Waals surface area contributed by atoms with Gasteiger partial charge in [0.15, 0.2) is 12.1 Å². The third-order valence-electron chi connectivity index (χ3n) is 8.58. The average molecular weight is 578 g/mol. The third kappa shape index (κ3) is 4.59. The van der Waals surface area contributed by atoms with Crippen molar-refractivity contribution in [1.29, 1.82) is 0 Å². The van der Waals surface area contributed by atoms with E-state index in [-0.39, 0.29) is 35.7 Å². The molecule has 1 aromatic carbocycles. The highest BCUT2D eigenvalue weighted by Gasteiger charge is 2.56. The minimum Gasteiger partial charge on any atom is -0.451 e. The number of piperidine rings is 1. The van der Waals surface area contributed by atoms with Gasteiger partial charge in [0.25, 0.3) is 17.9 Å². The number of halogens is 5. The number of carbonyl (C=O) groups excluding carboxylic acids is 1. The molecule has 2 aromatic heterocycles. The van der Waals surface area contributed by atoms with E-state index < -0.39 is 52.5 Å². The van der Waals surface area contributed by atoms with Crippen molar-refractivity contribution in [2.75, 3.05) is 25.5 Å². The fraction of sp³-hybridized carbons (Fsp3) is 0.464. The fourth-order valence-electron chi connectivity index (χ4n) is 5.99. The molecular formula is C28H28F5N5O3. The Morgan fingerprint density at radius 3 is 2.54 bits per heavy atom. The molecule has 2 saturated carbocycles. The standard InChI is InChI=1S/C28H28F5N5O3/c1-14(15-4-3-5-19(23(15)29)28(32,33)21-12-41-13-34-21)35-25(40)18-11-38(27(6-7-27)26(30)31)22(39)8-20(18)36-24-16-9-37(2)10-17(16)24/h3-5,8,11-14,16-17,24,26,36H,6-7,9-10H2,1-2H3,(H,35,40)/t14?,16-,17+,24+. The Bertz CT molecular complexity index is 1530. The number of carbonyl (C=O) groups is 1. The van der Waals surface area contributed by atoms with Crippen molar-refractivity contribution < 1.29 is 31.2 Å². The Morgan fingerprint density at radius 1 is 1.22 bits per heavy atom. The van der Waals surface area contributed by atoms with Crippen LogP contribution in [0.4, 0.5) is 27.6 Å². The molecule has 3 fully saturated rings. The van der Waals surface area contributed by atoms with Crippen LogP contribution in [0.5, 0.6) is 0 Å². The zero-order chi connectivity index (χ0) is 29.3. The van der Waals surface area contributed by atoms with Crippen LogP contribution in [0.25, 0.3) is 0 Å². The highest BCUT2D eigenvalue weighted by molar-refractivity contribution is 5.99. The molecular weight excluding hydrogens is 549 g/mol. The van der Waals surface area contributed by atoms with Gasteiger partial charge in [-0.2, -0.15) is 8.78 Å². The van der Waals surface area contributed by atoms with Gasteiger partial charge in [0.05, 0.1) is 22.9 Å². The van der Waals surface area contributed by atoms with Gasteiger partial charge in [0, 0.05) is 37.0 Å². The predicted octanol–water partition coefficient (Wildman–Crippen LogP) is 4.33. The van der Waals surface area contributed by atoms with E-state index in [0.29, 0.717) is 11.8 Å². The Kier molecular flexibility index (Phi) is 6.47. The molecule has 0 bridgehead atoms. The van der Waals surface area contributed by atoms with Gasteiger partial charge < -0.3 is 24.5 Å². The van der Waals surface area contributed by atoms with Crippen molar-refractivity contribution >= 4 is 11.6 Å². The molecule has 3 heterocycles. The van der Waals surface area contributed by atoms with Crippen LogP contribution in [-0.4, -0.2) is 53.0 Å². The summed E-state index contributed by atoms with van der Waals surface area (Å²) in [6.07, 6.45) is 0.0271. The number of likely N-dealkylation sites (tertiary alicyclic amines) is 1. The number of anilines is 1. The molecule has 1 amide bonds. The number of aromatic nitrogens is 2. The first-order chi connectivity index (χ1) is 19.4. The van der Waals surface area contributed by atoms with Crippen LogP contribution < -0.4 is 16.2 Å². The van der Waals surface area contributed by atoms with Crippen LogP contribution in [0.3, 0.4) is 0 Å². The van der Waals surface area contributed by atoms with Crippen molar-refractivity contribution in [3.63, 3.8) is 0 Å². The normalized spacial score (nSPS) is 23.8. The minimum absolute atomic E-state index is 0.0169. The molecule has 2 N–H and O–H groups in total. The van der Waals surface area contributed by atoms with Gasteiger partial charge in [0.2, 0.25) is 0 Å². The fourth-order valence-corrected chi connectivity index (χ4v) is 5.99. The van der Waals surface area contributed by atoms with Gasteiger partial charge in [-0.25, -0.2) is 18.2 Å². The summed E-state index contributed by atoms with van der Waals surface area (Å²) >= 11 is 0. The first-order valence-electron chi connectivity index (χ1n) is 13.3. The zero-order valence-electron chi connectivity index (χ0n) is 22.2. The highest BCUT2D eigenvalue weighted by Crippen LogP contribution is 2.49. The number of amides is 1. The highest BCUT2D eigenvalue weighted by atomic mass is 19.3. The number of nitrogens with zero attached hydrogens (tertiary/aromatic N) is 3. The van der Waals surface area contributed by atoms with Gasteiger partial charge >= 0.3 is 5.92 Å². The van der Waals surface area contributed by atoms with E-state index in [1.54, 1.807) is 0 Å². The summed E-state index contributed by atoms with van der Waals surface area (Å²) in [4.78, 5) is 32.1. The van der Waals surface area contributed by atoms with Crippen molar-refractivity contribution in [3.05, 3.63) is 81.7 Å². The van der Waals surface area contributed by atoms with Crippen LogP contribution in [0, 0.1) is 17.7 Å². The summed E-state index contributed by atoms with van der Waals surface area (Å²) in [7, 11) is 2.00. The van der Waals surface area contributed by atoms with Gasteiger partial charge in [0.1, 0.15) is 17.6 Å². The summed E-state index contributed by atoms with van der Waals surface area (Å²) in [5, 5.41) is 5.85. The SMILES string of the molecule is CC(NC(=O)c1cn(C2(C(F)F)CC2)c(=O)cc1N[C@H]1[C@@H]2CN(C)C[C@@H]21)c1cccc(C(F)(F)c2cocn2)c1F. The minimum atomic E-state index is -3.80. The van der Waals surface area contributed by atoms with E-state index in [1.807, 2.05) is 7.05 Å². The Balaban J connectivity index is 1.30.